The lowest BCUT2D eigenvalue weighted by Gasteiger charge is -2.38. The second kappa shape index (κ2) is 6.38. The lowest BCUT2D eigenvalue weighted by molar-refractivity contribution is -0.152. The van der Waals surface area contributed by atoms with Gasteiger partial charge in [-0.2, -0.15) is 0 Å². The first-order valence-electron chi connectivity index (χ1n) is 7.67. The van der Waals surface area contributed by atoms with Crippen LogP contribution in [0.4, 0.5) is 0 Å². The number of imidazole rings is 1. The number of aromatic nitrogens is 2. The van der Waals surface area contributed by atoms with E-state index >= 15 is 0 Å². The predicted octanol–water partition coefficient (Wildman–Crippen LogP) is 2.99. The number of rotatable bonds is 5. The molecule has 1 aromatic carbocycles. The highest BCUT2D eigenvalue weighted by atomic mass is 16.6. The van der Waals surface area contributed by atoms with Gasteiger partial charge in [0.15, 0.2) is 5.60 Å². The van der Waals surface area contributed by atoms with Gasteiger partial charge in [-0.3, -0.25) is 0 Å². The molecule has 0 bridgehead atoms. The number of ether oxygens (including phenoxy) is 2. The van der Waals surface area contributed by atoms with Crippen molar-refractivity contribution in [2.24, 2.45) is 0 Å². The maximum absolute atomic E-state index is 12.6. The van der Waals surface area contributed by atoms with Crippen LogP contribution in [0.3, 0.4) is 0 Å². The van der Waals surface area contributed by atoms with Crippen molar-refractivity contribution in [3.8, 4) is 0 Å². The van der Waals surface area contributed by atoms with Crippen molar-refractivity contribution in [3.63, 3.8) is 0 Å². The van der Waals surface area contributed by atoms with Gasteiger partial charge in [0.2, 0.25) is 0 Å². The molecule has 0 amide bonds. The van der Waals surface area contributed by atoms with E-state index in [0.29, 0.717) is 18.9 Å². The largest absolute Gasteiger partial charge is 0.445 e. The number of carbonyl (C=O) groups excluding carboxylic acids is 1. The number of esters is 1. The van der Waals surface area contributed by atoms with Crippen LogP contribution in [0.1, 0.15) is 35.9 Å². The number of hydrogen-bond donors (Lipinski definition) is 0. The smallest absolute Gasteiger partial charge is 0.357 e. The van der Waals surface area contributed by atoms with Crippen LogP contribution in [-0.2, 0) is 9.47 Å². The SMILES string of the molecule is C/C=C/C1(OC(=O)c2cncn2[C@H](C)c2ccccc2)COC1. The van der Waals surface area contributed by atoms with Crippen LogP contribution < -0.4 is 0 Å². The van der Waals surface area contributed by atoms with Crippen molar-refractivity contribution >= 4 is 5.97 Å². The van der Waals surface area contributed by atoms with Crippen LogP contribution in [0.25, 0.3) is 0 Å². The number of carbonyl (C=O) groups is 1. The summed E-state index contributed by atoms with van der Waals surface area (Å²) in [7, 11) is 0. The molecule has 3 rings (SSSR count). The maximum atomic E-state index is 12.6. The minimum absolute atomic E-state index is 0.00319. The van der Waals surface area contributed by atoms with Gasteiger partial charge in [0.25, 0.3) is 0 Å². The summed E-state index contributed by atoms with van der Waals surface area (Å²) in [6.07, 6.45) is 6.95. The molecule has 0 saturated carbocycles. The van der Waals surface area contributed by atoms with Gasteiger partial charge in [0, 0.05) is 0 Å². The molecule has 2 heterocycles. The van der Waals surface area contributed by atoms with Gasteiger partial charge >= 0.3 is 5.97 Å². The number of hydrogen-bond acceptors (Lipinski definition) is 4. The molecular weight excluding hydrogens is 292 g/mol. The van der Waals surface area contributed by atoms with E-state index < -0.39 is 5.60 Å². The standard InChI is InChI=1S/C18H20N2O3/c1-3-9-18(11-22-12-18)23-17(21)16-10-19-13-20(16)14(2)15-7-5-4-6-8-15/h3-10,13-14H,11-12H2,1-2H3/b9-3+/t14-/m1/s1. The van der Waals surface area contributed by atoms with Crippen LogP contribution in [0.2, 0.25) is 0 Å². The zero-order valence-electron chi connectivity index (χ0n) is 13.3. The first-order chi connectivity index (χ1) is 11.2. The number of allylic oxidation sites excluding steroid dienone is 1. The molecular formula is C18H20N2O3. The summed E-state index contributed by atoms with van der Waals surface area (Å²) < 4.78 is 12.7. The van der Waals surface area contributed by atoms with Crippen LogP contribution in [-0.4, -0.2) is 34.3 Å². The van der Waals surface area contributed by atoms with Crippen LogP contribution in [0.5, 0.6) is 0 Å². The summed E-state index contributed by atoms with van der Waals surface area (Å²) >= 11 is 0. The molecule has 0 aliphatic carbocycles. The van der Waals surface area contributed by atoms with Gasteiger partial charge in [-0.05, 0) is 25.5 Å². The summed E-state index contributed by atoms with van der Waals surface area (Å²) in [6.45, 7) is 4.72. The van der Waals surface area contributed by atoms with Gasteiger partial charge in [-0.15, -0.1) is 0 Å². The summed E-state index contributed by atoms with van der Waals surface area (Å²) in [5.74, 6) is -0.383. The lowest BCUT2D eigenvalue weighted by atomic mass is 10.0. The van der Waals surface area contributed by atoms with E-state index in [1.165, 1.54) is 0 Å². The van der Waals surface area contributed by atoms with E-state index in [1.54, 1.807) is 12.5 Å². The Morgan fingerprint density at radius 1 is 1.39 bits per heavy atom. The van der Waals surface area contributed by atoms with Crippen molar-refractivity contribution in [1.82, 2.24) is 9.55 Å². The van der Waals surface area contributed by atoms with Gasteiger partial charge in [-0.1, -0.05) is 36.4 Å². The van der Waals surface area contributed by atoms with Crippen molar-refractivity contribution in [3.05, 3.63) is 66.3 Å². The molecule has 0 spiro atoms. The first kappa shape index (κ1) is 15.5. The fourth-order valence-electron chi connectivity index (χ4n) is 2.70. The topological polar surface area (TPSA) is 53.3 Å². The second-order valence-electron chi connectivity index (χ2n) is 5.72. The highest BCUT2D eigenvalue weighted by Gasteiger charge is 2.40. The first-order valence-corrected chi connectivity index (χ1v) is 7.67. The minimum Gasteiger partial charge on any atom is -0.445 e. The normalized spacial score (nSPS) is 17.7. The molecule has 1 aliphatic heterocycles. The predicted molar refractivity (Wildman–Crippen MR) is 86.3 cm³/mol. The summed E-state index contributed by atoms with van der Waals surface area (Å²) in [5, 5.41) is 0. The Balaban J connectivity index is 1.82. The van der Waals surface area contributed by atoms with Crippen LogP contribution in [0.15, 0.2) is 55.0 Å². The molecule has 0 unspecified atom stereocenters. The molecule has 1 saturated heterocycles. The third-order valence-electron chi connectivity index (χ3n) is 4.03. The molecule has 0 N–H and O–H groups in total. The molecule has 1 aliphatic rings. The maximum Gasteiger partial charge on any atom is 0.357 e. The minimum atomic E-state index is -0.642. The van der Waals surface area contributed by atoms with Crippen molar-refractivity contribution in [2.45, 2.75) is 25.5 Å². The molecule has 1 aromatic heterocycles. The fraction of sp³-hybridized carbons (Fsp3) is 0.333. The highest BCUT2D eigenvalue weighted by molar-refractivity contribution is 5.88. The summed E-state index contributed by atoms with van der Waals surface area (Å²) in [6, 6.07) is 9.98. The Morgan fingerprint density at radius 2 is 2.13 bits per heavy atom. The third kappa shape index (κ3) is 3.05. The Morgan fingerprint density at radius 3 is 2.74 bits per heavy atom. The average Bonchev–Trinajstić information content (AvgIpc) is 3.02. The second-order valence-corrected chi connectivity index (χ2v) is 5.72. The quantitative estimate of drug-likeness (QED) is 0.629. The van der Waals surface area contributed by atoms with Crippen molar-refractivity contribution in [1.29, 1.82) is 0 Å². The van der Waals surface area contributed by atoms with E-state index in [4.69, 9.17) is 9.47 Å². The molecule has 1 fully saturated rings. The summed E-state index contributed by atoms with van der Waals surface area (Å²) in [5.41, 5.74) is 0.906. The molecule has 120 valence electrons. The Kier molecular flexibility index (Phi) is 4.30. The van der Waals surface area contributed by atoms with Crippen LogP contribution in [0, 0.1) is 0 Å². The Bertz CT molecular complexity index is 702. The summed E-state index contributed by atoms with van der Waals surface area (Å²) in [4.78, 5) is 16.7. The molecule has 0 radical (unpaired) electrons. The molecule has 1 atom stereocenters. The highest BCUT2D eigenvalue weighted by Crippen LogP contribution is 2.26. The van der Waals surface area contributed by atoms with Gasteiger partial charge in [-0.25, -0.2) is 9.78 Å². The van der Waals surface area contributed by atoms with Gasteiger partial charge < -0.3 is 14.0 Å². The fourth-order valence-corrected chi connectivity index (χ4v) is 2.70. The van der Waals surface area contributed by atoms with Gasteiger partial charge in [0.05, 0.1) is 31.8 Å². The zero-order chi connectivity index (χ0) is 16.3. The number of nitrogens with zero attached hydrogens (tertiary/aromatic N) is 2. The van der Waals surface area contributed by atoms with Crippen molar-refractivity contribution in [2.75, 3.05) is 13.2 Å². The molecule has 2 aromatic rings. The van der Waals surface area contributed by atoms with Gasteiger partial charge in [0.1, 0.15) is 5.69 Å². The molecule has 5 nitrogen and oxygen atoms in total. The van der Waals surface area contributed by atoms with E-state index in [2.05, 4.69) is 4.98 Å². The average molecular weight is 312 g/mol. The van der Waals surface area contributed by atoms with E-state index in [-0.39, 0.29) is 12.0 Å². The van der Waals surface area contributed by atoms with Crippen LogP contribution >= 0.6 is 0 Å². The third-order valence-corrected chi connectivity index (χ3v) is 4.03. The molecule has 5 heteroatoms. The van der Waals surface area contributed by atoms with E-state index in [1.807, 2.05) is 60.9 Å². The zero-order valence-corrected chi connectivity index (χ0v) is 13.3. The van der Waals surface area contributed by atoms with Crippen molar-refractivity contribution < 1.29 is 14.3 Å². The van der Waals surface area contributed by atoms with E-state index in [9.17, 15) is 4.79 Å². The Hall–Kier alpha value is -2.40. The lowest BCUT2D eigenvalue weighted by Crippen LogP contribution is -2.51. The Labute approximate surface area is 135 Å². The molecule has 23 heavy (non-hydrogen) atoms. The van der Waals surface area contributed by atoms with E-state index in [0.717, 1.165) is 5.56 Å². The monoisotopic (exact) mass is 312 g/mol. The number of benzene rings is 1.